The van der Waals surface area contributed by atoms with Gasteiger partial charge in [0.05, 0.1) is 18.2 Å². The summed E-state index contributed by atoms with van der Waals surface area (Å²) >= 11 is 0. The fraction of sp³-hybridized carbons (Fsp3) is 0.261. The monoisotopic (exact) mass is 407 g/mol. The number of amides is 3. The van der Waals surface area contributed by atoms with Gasteiger partial charge in [-0.25, -0.2) is 0 Å². The summed E-state index contributed by atoms with van der Waals surface area (Å²) in [5.41, 5.74) is 4.01. The highest BCUT2D eigenvalue weighted by atomic mass is 16.3. The minimum Gasteiger partial charge on any atom is -0.503 e. The Morgan fingerprint density at radius 1 is 1.13 bits per heavy atom. The first-order valence-electron chi connectivity index (χ1n) is 9.68. The van der Waals surface area contributed by atoms with Gasteiger partial charge in [-0.15, -0.1) is 0 Å². The molecule has 3 N–H and O–H groups in total. The first-order valence-corrected chi connectivity index (χ1v) is 9.68. The van der Waals surface area contributed by atoms with Gasteiger partial charge in [-0.3, -0.25) is 14.4 Å². The van der Waals surface area contributed by atoms with Crippen molar-refractivity contribution in [3.8, 4) is 11.1 Å². The van der Waals surface area contributed by atoms with Crippen LogP contribution in [0, 0.1) is 0 Å². The van der Waals surface area contributed by atoms with Crippen LogP contribution in [0.1, 0.15) is 31.0 Å². The zero-order valence-electron chi connectivity index (χ0n) is 17.2. The largest absolute Gasteiger partial charge is 0.503 e. The van der Waals surface area contributed by atoms with Crippen molar-refractivity contribution in [2.24, 2.45) is 0 Å². The van der Waals surface area contributed by atoms with Crippen LogP contribution in [0.4, 0.5) is 0 Å². The molecule has 7 nitrogen and oxygen atoms in total. The molecule has 0 bridgehead atoms. The Morgan fingerprint density at radius 2 is 1.83 bits per heavy atom. The molecule has 1 unspecified atom stereocenters. The van der Waals surface area contributed by atoms with Crippen LogP contribution in [0.2, 0.25) is 0 Å². The quantitative estimate of drug-likeness (QED) is 0.685. The molecule has 0 aromatic heterocycles. The molecule has 156 valence electrons. The molecule has 1 aliphatic heterocycles. The molecule has 0 saturated carbocycles. The van der Waals surface area contributed by atoms with Crippen molar-refractivity contribution >= 4 is 17.7 Å². The van der Waals surface area contributed by atoms with Gasteiger partial charge in [0.15, 0.2) is 5.76 Å². The number of carbonyl (C=O) groups is 3. The minimum absolute atomic E-state index is 0.0690. The summed E-state index contributed by atoms with van der Waals surface area (Å²) in [4.78, 5) is 36.5. The number of aliphatic hydroxyl groups is 1. The Bertz CT molecular complexity index is 1010. The zero-order valence-corrected chi connectivity index (χ0v) is 17.2. The van der Waals surface area contributed by atoms with Gasteiger partial charge in [0, 0.05) is 20.5 Å². The molecule has 0 radical (unpaired) electrons. The molecular weight excluding hydrogens is 382 g/mol. The fourth-order valence-electron chi connectivity index (χ4n) is 3.27. The number of nitrogens with zero attached hydrogens (tertiary/aromatic N) is 1. The van der Waals surface area contributed by atoms with Crippen LogP contribution in [0.25, 0.3) is 11.1 Å². The SMILES string of the molecule is CC(=O)NCc1ccc(-c2cccc(C(C)NC(=O)C3=C(O)C(=O)N(C)C3)c2)cc1. The van der Waals surface area contributed by atoms with E-state index in [2.05, 4.69) is 10.6 Å². The number of benzene rings is 2. The van der Waals surface area contributed by atoms with Crippen LogP contribution in [0.15, 0.2) is 59.9 Å². The van der Waals surface area contributed by atoms with Crippen LogP contribution in [-0.4, -0.2) is 41.3 Å². The van der Waals surface area contributed by atoms with Crippen LogP contribution in [-0.2, 0) is 20.9 Å². The topological polar surface area (TPSA) is 98.7 Å². The van der Waals surface area contributed by atoms with Crippen molar-refractivity contribution in [2.75, 3.05) is 13.6 Å². The highest BCUT2D eigenvalue weighted by molar-refractivity contribution is 6.06. The van der Waals surface area contributed by atoms with E-state index in [1.165, 1.54) is 18.9 Å². The van der Waals surface area contributed by atoms with E-state index in [0.29, 0.717) is 6.54 Å². The zero-order chi connectivity index (χ0) is 21.8. The second-order valence-electron chi connectivity index (χ2n) is 7.42. The van der Waals surface area contributed by atoms with Gasteiger partial charge >= 0.3 is 0 Å². The number of carbonyl (C=O) groups excluding carboxylic acids is 3. The Hall–Kier alpha value is -3.61. The van der Waals surface area contributed by atoms with E-state index in [0.717, 1.165) is 22.3 Å². The standard InChI is InChI=1S/C23H25N3O4/c1-14(25-22(29)20-13-26(3)23(30)21(20)28)18-5-4-6-19(11-18)17-9-7-16(8-10-17)12-24-15(2)27/h4-11,14,28H,12-13H2,1-3H3,(H,24,27)(H,25,29). The maximum Gasteiger partial charge on any atom is 0.289 e. The first kappa shape index (κ1) is 21.1. The molecule has 3 amide bonds. The van der Waals surface area contributed by atoms with Gasteiger partial charge < -0.3 is 20.6 Å². The summed E-state index contributed by atoms with van der Waals surface area (Å²) in [5, 5.41) is 15.5. The number of hydrogen-bond acceptors (Lipinski definition) is 4. The van der Waals surface area contributed by atoms with Crippen LogP contribution in [0.3, 0.4) is 0 Å². The number of nitrogens with one attached hydrogen (secondary N) is 2. The summed E-state index contributed by atoms with van der Waals surface area (Å²) in [7, 11) is 1.53. The average Bonchev–Trinajstić information content (AvgIpc) is 3.00. The number of hydrogen-bond donors (Lipinski definition) is 3. The third-order valence-electron chi connectivity index (χ3n) is 5.07. The maximum atomic E-state index is 12.5. The Labute approximate surface area is 175 Å². The van der Waals surface area contributed by atoms with Crippen molar-refractivity contribution in [1.29, 1.82) is 0 Å². The molecular formula is C23H25N3O4. The first-order chi connectivity index (χ1) is 14.3. The van der Waals surface area contributed by atoms with Crippen molar-refractivity contribution < 1.29 is 19.5 Å². The predicted molar refractivity (Wildman–Crippen MR) is 113 cm³/mol. The van der Waals surface area contributed by atoms with E-state index in [1.807, 2.05) is 55.5 Å². The minimum atomic E-state index is -0.545. The number of rotatable bonds is 6. The van der Waals surface area contributed by atoms with Gasteiger partial charge in [0.25, 0.3) is 11.8 Å². The summed E-state index contributed by atoms with van der Waals surface area (Å²) in [6, 6.07) is 15.4. The molecule has 2 aromatic carbocycles. The predicted octanol–water partition coefficient (Wildman–Crippen LogP) is 2.45. The second-order valence-corrected chi connectivity index (χ2v) is 7.42. The van der Waals surface area contributed by atoms with Crippen molar-refractivity contribution in [1.82, 2.24) is 15.5 Å². The van der Waals surface area contributed by atoms with E-state index in [9.17, 15) is 19.5 Å². The molecule has 1 aliphatic rings. The van der Waals surface area contributed by atoms with Crippen molar-refractivity contribution in [2.45, 2.75) is 26.4 Å². The Balaban J connectivity index is 1.71. The summed E-state index contributed by atoms with van der Waals surface area (Å²) in [6.45, 7) is 3.92. The summed E-state index contributed by atoms with van der Waals surface area (Å²) in [5.74, 6) is -1.56. The molecule has 7 heteroatoms. The smallest absolute Gasteiger partial charge is 0.289 e. The van der Waals surface area contributed by atoms with Crippen molar-refractivity contribution in [3.05, 3.63) is 71.0 Å². The van der Waals surface area contributed by atoms with E-state index in [1.54, 1.807) is 0 Å². The molecule has 0 saturated heterocycles. The summed E-state index contributed by atoms with van der Waals surface area (Å²) < 4.78 is 0. The van der Waals surface area contributed by atoms with Crippen LogP contribution >= 0.6 is 0 Å². The lowest BCUT2D eigenvalue weighted by Crippen LogP contribution is -2.30. The van der Waals surface area contributed by atoms with Gasteiger partial charge in [-0.1, -0.05) is 42.5 Å². The van der Waals surface area contributed by atoms with Crippen LogP contribution < -0.4 is 10.6 Å². The lowest BCUT2D eigenvalue weighted by molar-refractivity contribution is -0.126. The number of likely N-dealkylation sites (N-methyl/N-ethyl adjacent to an activating group) is 1. The van der Waals surface area contributed by atoms with Gasteiger partial charge in [0.1, 0.15) is 0 Å². The molecule has 2 aromatic rings. The fourth-order valence-corrected chi connectivity index (χ4v) is 3.27. The molecule has 3 rings (SSSR count). The van der Waals surface area contributed by atoms with Crippen LogP contribution in [0.5, 0.6) is 0 Å². The second kappa shape index (κ2) is 8.82. The van der Waals surface area contributed by atoms with Gasteiger partial charge in [-0.05, 0) is 35.2 Å². The van der Waals surface area contributed by atoms with Crippen molar-refractivity contribution in [3.63, 3.8) is 0 Å². The van der Waals surface area contributed by atoms with E-state index < -0.39 is 17.6 Å². The van der Waals surface area contributed by atoms with Gasteiger partial charge in [-0.2, -0.15) is 0 Å². The maximum absolute atomic E-state index is 12.5. The third-order valence-corrected chi connectivity index (χ3v) is 5.07. The van der Waals surface area contributed by atoms with E-state index >= 15 is 0 Å². The normalized spacial score (nSPS) is 14.6. The summed E-state index contributed by atoms with van der Waals surface area (Å²) in [6.07, 6.45) is 0. The lowest BCUT2D eigenvalue weighted by atomic mass is 9.99. The highest BCUT2D eigenvalue weighted by Crippen LogP contribution is 2.24. The molecule has 0 aliphatic carbocycles. The molecule has 1 atom stereocenters. The van der Waals surface area contributed by atoms with E-state index in [4.69, 9.17) is 0 Å². The van der Waals surface area contributed by atoms with Gasteiger partial charge in [0.2, 0.25) is 5.91 Å². The average molecular weight is 407 g/mol. The Kier molecular flexibility index (Phi) is 6.20. The lowest BCUT2D eigenvalue weighted by Gasteiger charge is -2.16. The number of aliphatic hydroxyl groups excluding tert-OH is 1. The van der Waals surface area contributed by atoms with E-state index in [-0.39, 0.29) is 24.1 Å². The highest BCUT2D eigenvalue weighted by Gasteiger charge is 2.32. The molecule has 1 heterocycles. The third kappa shape index (κ3) is 4.68. The molecule has 0 spiro atoms. The Morgan fingerprint density at radius 3 is 2.43 bits per heavy atom. The molecule has 30 heavy (non-hydrogen) atoms. The molecule has 0 fully saturated rings.